The number of nitrogens with zero attached hydrogens (tertiary/aromatic N) is 1. The number of rotatable bonds is 3. The van der Waals surface area contributed by atoms with Gasteiger partial charge in [-0.1, -0.05) is 26.0 Å². The Morgan fingerprint density at radius 3 is 2.17 bits per heavy atom. The van der Waals surface area contributed by atoms with E-state index in [2.05, 4.69) is 12.2 Å². The lowest BCUT2D eigenvalue weighted by Gasteiger charge is -2.23. The predicted octanol–water partition coefficient (Wildman–Crippen LogP) is 0.777. The van der Waals surface area contributed by atoms with E-state index in [1.165, 1.54) is 4.90 Å². The molecular formula is C14H20N2O2. The molecule has 4 nitrogen and oxygen atoms in total. The van der Waals surface area contributed by atoms with E-state index in [1.807, 2.05) is 13.8 Å². The molecule has 0 spiro atoms. The topological polar surface area (TPSA) is 63.4 Å². The molecule has 2 N–H and O–H groups in total. The fraction of sp³-hybridized carbons (Fsp3) is 0.714. The minimum absolute atomic E-state index is 0.0120. The Morgan fingerprint density at radius 2 is 1.72 bits per heavy atom. The molecule has 1 saturated heterocycles. The maximum absolute atomic E-state index is 12.4. The minimum atomic E-state index is -0.123. The highest BCUT2D eigenvalue weighted by Crippen LogP contribution is 2.52. The molecule has 2 bridgehead atoms. The molecule has 18 heavy (non-hydrogen) atoms. The molecule has 0 radical (unpaired) electrons. The van der Waals surface area contributed by atoms with Crippen molar-refractivity contribution < 1.29 is 9.59 Å². The average Bonchev–Trinajstić information content (AvgIpc) is 2.98. The van der Waals surface area contributed by atoms with E-state index in [0.29, 0.717) is 6.54 Å². The first-order chi connectivity index (χ1) is 8.50. The zero-order valence-corrected chi connectivity index (χ0v) is 10.9. The fourth-order valence-corrected chi connectivity index (χ4v) is 3.57. The van der Waals surface area contributed by atoms with Crippen LogP contribution in [0.15, 0.2) is 12.2 Å². The molecule has 5 unspecified atom stereocenters. The van der Waals surface area contributed by atoms with Gasteiger partial charge in [-0.2, -0.15) is 0 Å². The molecule has 1 aliphatic heterocycles. The number of allylic oxidation sites excluding steroid dienone is 2. The van der Waals surface area contributed by atoms with Gasteiger partial charge in [-0.3, -0.25) is 14.5 Å². The standard InChI is InChI=1S/C14H20N2O2/c1-7(2)10(15)6-16-13(17)11-8-3-4-9(5-8)12(11)14(16)18/h3-4,7-12H,5-6,15H2,1-2H3. The molecular weight excluding hydrogens is 228 g/mol. The van der Waals surface area contributed by atoms with Gasteiger partial charge in [0.15, 0.2) is 0 Å². The van der Waals surface area contributed by atoms with E-state index in [1.54, 1.807) is 0 Å². The number of imide groups is 1. The summed E-state index contributed by atoms with van der Waals surface area (Å²) >= 11 is 0. The molecule has 4 heteroatoms. The quantitative estimate of drug-likeness (QED) is 0.593. The van der Waals surface area contributed by atoms with Crippen molar-refractivity contribution in [2.45, 2.75) is 26.3 Å². The summed E-state index contributed by atoms with van der Waals surface area (Å²) in [6.45, 7) is 4.41. The van der Waals surface area contributed by atoms with Crippen LogP contribution in [-0.4, -0.2) is 29.3 Å². The Bertz CT molecular complexity index is 400. The second-order valence-corrected chi connectivity index (χ2v) is 6.19. The number of likely N-dealkylation sites (tertiary alicyclic amines) is 1. The molecule has 0 aromatic heterocycles. The zero-order chi connectivity index (χ0) is 13.0. The van der Waals surface area contributed by atoms with Crippen molar-refractivity contribution >= 4 is 11.8 Å². The van der Waals surface area contributed by atoms with E-state index >= 15 is 0 Å². The number of nitrogens with two attached hydrogens (primary N) is 1. The largest absolute Gasteiger partial charge is 0.326 e. The lowest BCUT2D eigenvalue weighted by atomic mass is 9.85. The van der Waals surface area contributed by atoms with E-state index in [-0.39, 0.29) is 47.4 Å². The molecule has 3 rings (SSSR count). The van der Waals surface area contributed by atoms with E-state index in [9.17, 15) is 9.59 Å². The van der Waals surface area contributed by atoms with Gasteiger partial charge in [-0.15, -0.1) is 0 Å². The molecule has 2 aliphatic carbocycles. The Kier molecular flexibility index (Phi) is 2.59. The Morgan fingerprint density at radius 1 is 1.22 bits per heavy atom. The number of amides is 2. The molecule has 0 aromatic rings. The van der Waals surface area contributed by atoms with Gasteiger partial charge < -0.3 is 5.73 Å². The highest BCUT2D eigenvalue weighted by molar-refractivity contribution is 6.06. The van der Waals surface area contributed by atoms with Crippen LogP contribution in [-0.2, 0) is 9.59 Å². The van der Waals surface area contributed by atoms with Gasteiger partial charge in [0.25, 0.3) is 0 Å². The Balaban J connectivity index is 1.80. The molecule has 0 aromatic carbocycles. The lowest BCUT2D eigenvalue weighted by molar-refractivity contribution is -0.141. The monoisotopic (exact) mass is 248 g/mol. The van der Waals surface area contributed by atoms with Crippen LogP contribution in [0.4, 0.5) is 0 Å². The SMILES string of the molecule is CC(C)C(N)CN1C(=O)C2C3C=CC(C3)C2C1=O. The maximum atomic E-state index is 12.4. The summed E-state index contributed by atoms with van der Waals surface area (Å²) < 4.78 is 0. The van der Waals surface area contributed by atoms with E-state index in [0.717, 1.165) is 6.42 Å². The number of hydrogen-bond acceptors (Lipinski definition) is 3. The molecule has 3 aliphatic rings. The van der Waals surface area contributed by atoms with Gasteiger partial charge in [-0.05, 0) is 24.2 Å². The highest BCUT2D eigenvalue weighted by atomic mass is 16.2. The summed E-state index contributed by atoms with van der Waals surface area (Å²) in [5, 5.41) is 0. The van der Waals surface area contributed by atoms with Crippen molar-refractivity contribution in [3.63, 3.8) is 0 Å². The smallest absolute Gasteiger partial charge is 0.233 e. The van der Waals surface area contributed by atoms with Crippen molar-refractivity contribution in [2.24, 2.45) is 35.3 Å². The van der Waals surface area contributed by atoms with Gasteiger partial charge in [0, 0.05) is 12.6 Å². The summed E-state index contributed by atoms with van der Waals surface area (Å²) in [7, 11) is 0. The van der Waals surface area contributed by atoms with Crippen LogP contribution >= 0.6 is 0 Å². The second-order valence-electron chi connectivity index (χ2n) is 6.19. The fourth-order valence-electron chi connectivity index (χ4n) is 3.57. The van der Waals surface area contributed by atoms with Crippen molar-refractivity contribution in [1.29, 1.82) is 0 Å². The van der Waals surface area contributed by atoms with Crippen LogP contribution < -0.4 is 5.73 Å². The molecule has 2 fully saturated rings. The molecule has 98 valence electrons. The average molecular weight is 248 g/mol. The number of carbonyl (C=O) groups excluding carboxylic acids is 2. The normalized spacial score (nSPS) is 39.0. The van der Waals surface area contributed by atoms with Crippen molar-refractivity contribution in [3.8, 4) is 0 Å². The van der Waals surface area contributed by atoms with Crippen LogP contribution in [0.1, 0.15) is 20.3 Å². The summed E-state index contributed by atoms with van der Waals surface area (Å²) in [6.07, 6.45) is 5.21. The zero-order valence-electron chi connectivity index (χ0n) is 10.9. The van der Waals surface area contributed by atoms with Gasteiger partial charge in [-0.25, -0.2) is 0 Å². The Hall–Kier alpha value is -1.16. The first-order valence-corrected chi connectivity index (χ1v) is 6.80. The third-order valence-electron chi connectivity index (χ3n) is 4.81. The highest BCUT2D eigenvalue weighted by Gasteiger charge is 2.59. The van der Waals surface area contributed by atoms with E-state index in [4.69, 9.17) is 5.73 Å². The predicted molar refractivity (Wildman–Crippen MR) is 67.3 cm³/mol. The van der Waals surface area contributed by atoms with Crippen molar-refractivity contribution in [1.82, 2.24) is 4.90 Å². The van der Waals surface area contributed by atoms with Crippen LogP contribution in [0.5, 0.6) is 0 Å². The van der Waals surface area contributed by atoms with Gasteiger partial charge in [0.05, 0.1) is 11.8 Å². The summed E-state index contributed by atoms with van der Waals surface area (Å²) in [5.41, 5.74) is 5.99. The van der Waals surface area contributed by atoms with E-state index < -0.39 is 0 Å². The van der Waals surface area contributed by atoms with Crippen molar-refractivity contribution in [3.05, 3.63) is 12.2 Å². The van der Waals surface area contributed by atoms with Gasteiger partial charge in [0.1, 0.15) is 0 Å². The molecule has 5 atom stereocenters. The summed E-state index contributed by atoms with van der Waals surface area (Å²) in [4.78, 5) is 26.1. The maximum Gasteiger partial charge on any atom is 0.233 e. The third-order valence-corrected chi connectivity index (χ3v) is 4.81. The molecule has 2 amide bonds. The number of fused-ring (bicyclic) bond motifs is 5. The third kappa shape index (κ3) is 1.48. The summed E-state index contributed by atoms with van der Waals surface area (Å²) in [6, 6.07) is -0.123. The lowest BCUT2D eigenvalue weighted by Crippen LogP contribution is -2.44. The van der Waals surface area contributed by atoms with Crippen molar-refractivity contribution in [2.75, 3.05) is 6.54 Å². The first-order valence-electron chi connectivity index (χ1n) is 6.80. The Labute approximate surface area is 107 Å². The second kappa shape index (κ2) is 3.92. The van der Waals surface area contributed by atoms with Crippen LogP contribution in [0.3, 0.4) is 0 Å². The summed E-state index contributed by atoms with van der Waals surface area (Å²) in [5.74, 6) is 0.698. The minimum Gasteiger partial charge on any atom is -0.326 e. The van der Waals surface area contributed by atoms with Gasteiger partial charge in [0.2, 0.25) is 11.8 Å². The van der Waals surface area contributed by atoms with Gasteiger partial charge >= 0.3 is 0 Å². The first kappa shape index (κ1) is 11.9. The van der Waals surface area contributed by atoms with Crippen LogP contribution in [0, 0.1) is 29.6 Å². The van der Waals surface area contributed by atoms with Crippen LogP contribution in [0.25, 0.3) is 0 Å². The molecule has 1 heterocycles. The number of carbonyl (C=O) groups is 2. The van der Waals surface area contributed by atoms with Crippen LogP contribution in [0.2, 0.25) is 0 Å². The number of hydrogen-bond donors (Lipinski definition) is 1. The molecule has 1 saturated carbocycles.